The average molecular weight is 548 g/mol. The average Bonchev–Trinajstić information content (AvgIpc) is 3.10. The zero-order valence-electron chi connectivity index (χ0n) is 21.4. The maximum Gasteiger partial charge on any atom is 0.490 e. The lowest BCUT2D eigenvalue weighted by atomic mass is 10.0. The van der Waals surface area contributed by atoms with Gasteiger partial charge in [0.05, 0.1) is 6.42 Å². The van der Waals surface area contributed by atoms with Gasteiger partial charge in [0, 0.05) is 43.5 Å². The third-order valence-corrected chi connectivity index (χ3v) is 6.67. The molecule has 2 aliphatic rings. The van der Waals surface area contributed by atoms with Crippen LogP contribution in [0.15, 0.2) is 54.6 Å². The molecule has 4 N–H and O–H groups in total. The first-order chi connectivity index (χ1) is 18.5. The van der Waals surface area contributed by atoms with E-state index in [1.165, 1.54) is 0 Å². The number of piperidine rings is 1. The first kappa shape index (κ1) is 29.5. The Hall–Kier alpha value is -4.09. The molecule has 2 fully saturated rings. The number of carboxylic acid groups (broad SMARTS) is 1. The SMILES string of the molecule is N=C(N)c1cccc(N2CCCCN(C3CCN(C(=O)Cc4ccccc4)CC3)C2=O)c1.O=C(O)C(F)(F)F. The molecule has 0 spiro atoms. The number of nitrogens with one attached hydrogen (secondary N) is 1. The van der Waals surface area contributed by atoms with E-state index in [4.69, 9.17) is 21.0 Å². The summed E-state index contributed by atoms with van der Waals surface area (Å²) < 4.78 is 31.7. The van der Waals surface area contributed by atoms with E-state index in [1.54, 1.807) is 6.07 Å². The molecule has 2 aromatic rings. The molecule has 210 valence electrons. The van der Waals surface area contributed by atoms with Gasteiger partial charge in [-0.3, -0.25) is 15.1 Å². The molecule has 2 heterocycles. The smallest absolute Gasteiger partial charge is 0.475 e. The molecule has 0 saturated carbocycles. The zero-order chi connectivity index (χ0) is 28.6. The number of rotatable bonds is 5. The van der Waals surface area contributed by atoms with Gasteiger partial charge in [-0.05, 0) is 43.4 Å². The van der Waals surface area contributed by atoms with Crippen LogP contribution in [0.3, 0.4) is 0 Å². The summed E-state index contributed by atoms with van der Waals surface area (Å²) in [5.74, 6) is -2.61. The normalized spacial score (nSPS) is 16.7. The molecule has 0 radical (unpaired) electrons. The second-order valence-electron chi connectivity index (χ2n) is 9.38. The highest BCUT2D eigenvalue weighted by atomic mass is 19.4. The topological polar surface area (TPSA) is 131 Å². The van der Waals surface area contributed by atoms with Crippen molar-refractivity contribution in [3.8, 4) is 0 Å². The minimum atomic E-state index is -5.08. The molecule has 2 aromatic carbocycles. The van der Waals surface area contributed by atoms with Crippen LogP contribution in [0, 0.1) is 5.41 Å². The van der Waals surface area contributed by atoms with E-state index in [2.05, 4.69) is 0 Å². The minimum Gasteiger partial charge on any atom is -0.475 e. The van der Waals surface area contributed by atoms with Crippen molar-refractivity contribution in [3.05, 3.63) is 65.7 Å². The van der Waals surface area contributed by atoms with E-state index in [0.29, 0.717) is 31.6 Å². The molecule has 4 rings (SSSR count). The van der Waals surface area contributed by atoms with Crippen LogP contribution in [-0.4, -0.2) is 77.0 Å². The standard InChI is InChI=1S/C25H31N5O2.C2HF3O2/c26-24(27)20-9-6-10-22(18-20)30-14-5-4-13-29(25(30)32)21-11-15-28(16-12-21)23(31)17-19-7-2-1-3-8-19;3-2(4,5)1(6)7/h1-3,6-10,18,21H,4-5,11-17H2,(H3,26,27);(H,6,7). The second-order valence-corrected chi connectivity index (χ2v) is 9.38. The molecule has 39 heavy (non-hydrogen) atoms. The van der Waals surface area contributed by atoms with Crippen molar-refractivity contribution >= 4 is 29.4 Å². The van der Waals surface area contributed by atoms with E-state index in [0.717, 1.165) is 43.5 Å². The lowest BCUT2D eigenvalue weighted by Gasteiger charge is -2.39. The number of halogens is 3. The first-order valence-electron chi connectivity index (χ1n) is 12.6. The predicted octanol–water partition coefficient (Wildman–Crippen LogP) is 3.86. The predicted molar refractivity (Wildman–Crippen MR) is 140 cm³/mol. The Morgan fingerprint density at radius 3 is 2.18 bits per heavy atom. The summed E-state index contributed by atoms with van der Waals surface area (Å²) in [5.41, 5.74) is 8.08. The molecular formula is C27H32F3N5O4. The number of hydrogen-bond donors (Lipinski definition) is 3. The van der Waals surface area contributed by atoms with Crippen LogP contribution in [0.2, 0.25) is 0 Å². The number of urea groups is 1. The number of carboxylic acids is 1. The molecular weight excluding hydrogens is 515 g/mol. The summed E-state index contributed by atoms with van der Waals surface area (Å²) >= 11 is 0. The molecule has 0 atom stereocenters. The highest BCUT2D eigenvalue weighted by Gasteiger charge is 2.38. The Labute approximate surface area is 224 Å². The van der Waals surface area contributed by atoms with Crippen molar-refractivity contribution in [2.75, 3.05) is 31.1 Å². The first-order valence-corrected chi connectivity index (χ1v) is 12.6. The van der Waals surface area contributed by atoms with Gasteiger partial charge in [0.15, 0.2) is 0 Å². The number of anilines is 1. The van der Waals surface area contributed by atoms with Crippen molar-refractivity contribution in [1.82, 2.24) is 9.80 Å². The van der Waals surface area contributed by atoms with Gasteiger partial charge in [-0.2, -0.15) is 13.2 Å². The number of carbonyl (C=O) groups excluding carboxylic acids is 2. The van der Waals surface area contributed by atoms with Crippen LogP contribution < -0.4 is 10.6 Å². The van der Waals surface area contributed by atoms with Crippen LogP contribution in [0.4, 0.5) is 23.7 Å². The molecule has 2 aliphatic heterocycles. The van der Waals surface area contributed by atoms with Gasteiger partial charge in [-0.25, -0.2) is 9.59 Å². The number of carbonyl (C=O) groups is 3. The van der Waals surface area contributed by atoms with E-state index in [9.17, 15) is 22.8 Å². The number of benzene rings is 2. The highest BCUT2D eigenvalue weighted by Crippen LogP contribution is 2.26. The molecule has 3 amide bonds. The van der Waals surface area contributed by atoms with Crippen LogP contribution >= 0.6 is 0 Å². The fraction of sp³-hybridized carbons (Fsp3) is 0.407. The molecule has 0 aromatic heterocycles. The second kappa shape index (κ2) is 13.1. The zero-order valence-corrected chi connectivity index (χ0v) is 21.4. The van der Waals surface area contributed by atoms with Crippen molar-refractivity contribution in [3.63, 3.8) is 0 Å². The monoisotopic (exact) mass is 547 g/mol. The number of likely N-dealkylation sites (tertiary alicyclic amines) is 1. The van der Waals surface area contributed by atoms with Crippen molar-refractivity contribution in [2.24, 2.45) is 5.73 Å². The van der Waals surface area contributed by atoms with Crippen molar-refractivity contribution in [1.29, 1.82) is 5.41 Å². The Kier molecular flexibility index (Phi) is 9.91. The molecule has 12 heteroatoms. The number of aliphatic carboxylic acids is 1. The number of hydrogen-bond acceptors (Lipinski definition) is 4. The lowest BCUT2D eigenvalue weighted by molar-refractivity contribution is -0.192. The van der Waals surface area contributed by atoms with Gasteiger partial charge in [-0.15, -0.1) is 0 Å². The maximum atomic E-state index is 13.5. The summed E-state index contributed by atoms with van der Waals surface area (Å²) in [5, 5.41) is 14.8. The summed E-state index contributed by atoms with van der Waals surface area (Å²) in [7, 11) is 0. The van der Waals surface area contributed by atoms with E-state index in [1.807, 2.05) is 63.2 Å². The van der Waals surface area contributed by atoms with Gasteiger partial charge >= 0.3 is 18.2 Å². The quantitative estimate of drug-likeness (QED) is 0.387. The lowest BCUT2D eigenvalue weighted by Crippen LogP contribution is -2.52. The van der Waals surface area contributed by atoms with E-state index >= 15 is 0 Å². The fourth-order valence-electron chi connectivity index (χ4n) is 4.63. The van der Waals surface area contributed by atoms with Crippen LogP contribution in [0.5, 0.6) is 0 Å². The number of nitrogen functional groups attached to an aromatic ring is 1. The highest BCUT2D eigenvalue weighted by molar-refractivity contribution is 5.98. The molecule has 9 nitrogen and oxygen atoms in total. The van der Waals surface area contributed by atoms with Gasteiger partial charge in [0.2, 0.25) is 5.91 Å². The van der Waals surface area contributed by atoms with E-state index < -0.39 is 12.1 Å². The summed E-state index contributed by atoms with van der Waals surface area (Å²) in [4.78, 5) is 40.8. The fourth-order valence-corrected chi connectivity index (χ4v) is 4.63. The van der Waals surface area contributed by atoms with Gasteiger partial charge in [0.25, 0.3) is 0 Å². The maximum absolute atomic E-state index is 13.5. The Morgan fingerprint density at radius 1 is 0.974 bits per heavy atom. The molecule has 0 unspecified atom stereocenters. The Balaban J connectivity index is 0.000000532. The molecule has 0 bridgehead atoms. The van der Waals surface area contributed by atoms with Crippen LogP contribution in [0.25, 0.3) is 0 Å². The van der Waals surface area contributed by atoms with Crippen LogP contribution in [-0.2, 0) is 16.0 Å². The van der Waals surface area contributed by atoms with Crippen molar-refractivity contribution < 1.29 is 32.7 Å². The third kappa shape index (κ3) is 8.20. The third-order valence-electron chi connectivity index (χ3n) is 6.67. The number of amides is 3. The Bertz CT molecular complexity index is 1170. The number of nitrogens with zero attached hydrogens (tertiary/aromatic N) is 3. The van der Waals surface area contributed by atoms with Crippen molar-refractivity contribution in [2.45, 2.75) is 44.3 Å². The summed E-state index contributed by atoms with van der Waals surface area (Å²) in [6.45, 7) is 2.76. The number of amidine groups is 1. The van der Waals surface area contributed by atoms with Crippen LogP contribution in [0.1, 0.15) is 36.8 Å². The van der Waals surface area contributed by atoms with Gasteiger partial charge < -0.3 is 20.6 Å². The summed E-state index contributed by atoms with van der Waals surface area (Å²) in [6.07, 6.45) is -1.17. The summed E-state index contributed by atoms with van der Waals surface area (Å²) in [6, 6.07) is 17.3. The number of nitrogens with two attached hydrogens (primary N) is 1. The Morgan fingerprint density at radius 2 is 1.59 bits per heavy atom. The molecule has 2 saturated heterocycles. The minimum absolute atomic E-state index is 0.00137. The van der Waals surface area contributed by atoms with Gasteiger partial charge in [-0.1, -0.05) is 42.5 Å². The largest absolute Gasteiger partial charge is 0.490 e. The van der Waals surface area contributed by atoms with E-state index in [-0.39, 0.29) is 23.8 Å². The molecule has 0 aliphatic carbocycles. The van der Waals surface area contributed by atoms with Gasteiger partial charge in [0.1, 0.15) is 5.84 Å². The number of alkyl halides is 3.